The van der Waals surface area contributed by atoms with Crippen molar-refractivity contribution in [2.45, 2.75) is 26.2 Å². The van der Waals surface area contributed by atoms with Gasteiger partial charge in [0.25, 0.3) is 5.91 Å². The highest BCUT2D eigenvalue weighted by atomic mass is 16.5. The Bertz CT molecular complexity index is 426. The minimum Gasteiger partial charge on any atom is -0.482 e. The maximum Gasteiger partial charge on any atom is 0.260 e. The van der Waals surface area contributed by atoms with Gasteiger partial charge in [-0.2, -0.15) is 0 Å². The summed E-state index contributed by atoms with van der Waals surface area (Å²) in [5.41, 5.74) is 6.34. The number of hydrogen-bond acceptors (Lipinski definition) is 3. The molecule has 2 N–H and O–H groups in total. The number of benzene rings is 1. The number of nitrogens with zero attached hydrogens (tertiary/aromatic N) is 1. The van der Waals surface area contributed by atoms with Crippen molar-refractivity contribution >= 4 is 11.6 Å². The van der Waals surface area contributed by atoms with Crippen LogP contribution in [-0.4, -0.2) is 30.5 Å². The minimum absolute atomic E-state index is 0.0535. The predicted octanol–water partition coefficient (Wildman–Crippen LogP) is 2.30. The predicted molar refractivity (Wildman–Crippen MR) is 75.9 cm³/mol. The van der Waals surface area contributed by atoms with Crippen molar-refractivity contribution in [2.24, 2.45) is 5.92 Å². The number of carbonyl (C=O) groups excluding carboxylic acids is 1. The van der Waals surface area contributed by atoms with Gasteiger partial charge in [0.15, 0.2) is 6.61 Å². The maximum absolute atomic E-state index is 12.0. The van der Waals surface area contributed by atoms with Crippen LogP contribution in [0.1, 0.15) is 26.2 Å². The second-order valence-corrected chi connectivity index (χ2v) is 5.06. The number of carbonyl (C=O) groups is 1. The van der Waals surface area contributed by atoms with Crippen LogP contribution in [0.5, 0.6) is 5.75 Å². The van der Waals surface area contributed by atoms with Gasteiger partial charge in [0.2, 0.25) is 0 Å². The van der Waals surface area contributed by atoms with Crippen LogP contribution in [0, 0.1) is 5.92 Å². The average molecular weight is 262 g/mol. The fourth-order valence-corrected chi connectivity index (χ4v) is 2.43. The molecule has 1 aliphatic heterocycles. The van der Waals surface area contributed by atoms with Crippen molar-refractivity contribution in [3.8, 4) is 5.75 Å². The van der Waals surface area contributed by atoms with Crippen molar-refractivity contribution in [1.29, 1.82) is 0 Å². The number of likely N-dealkylation sites (tertiary alicyclic amines) is 1. The molecule has 19 heavy (non-hydrogen) atoms. The minimum atomic E-state index is 0.0535. The van der Waals surface area contributed by atoms with Gasteiger partial charge in [-0.1, -0.05) is 25.5 Å². The van der Waals surface area contributed by atoms with E-state index in [2.05, 4.69) is 6.92 Å². The van der Waals surface area contributed by atoms with Crippen LogP contribution in [0.15, 0.2) is 24.3 Å². The summed E-state index contributed by atoms with van der Waals surface area (Å²) in [6.07, 6.45) is 3.42. The Labute approximate surface area is 114 Å². The summed E-state index contributed by atoms with van der Waals surface area (Å²) in [6, 6.07) is 7.25. The molecule has 1 fully saturated rings. The number of piperidine rings is 1. The Morgan fingerprint density at radius 1 is 1.37 bits per heavy atom. The standard InChI is InChI=1S/C15H22N2O2/c1-2-12-7-9-17(10-8-12)15(18)11-19-14-6-4-3-5-13(14)16/h3-6,12H,2,7-11,16H2,1H3. The lowest BCUT2D eigenvalue weighted by atomic mass is 9.94. The third kappa shape index (κ3) is 3.63. The van der Waals surface area contributed by atoms with Crippen LogP contribution in [0.3, 0.4) is 0 Å². The van der Waals surface area contributed by atoms with E-state index in [0.717, 1.165) is 31.8 Å². The Kier molecular flexibility index (Phi) is 4.66. The normalized spacial score (nSPS) is 16.4. The molecule has 1 aromatic rings. The number of para-hydroxylation sites is 2. The highest BCUT2D eigenvalue weighted by Crippen LogP contribution is 2.21. The molecule has 2 rings (SSSR count). The van der Waals surface area contributed by atoms with Crippen LogP contribution < -0.4 is 10.5 Å². The summed E-state index contributed by atoms with van der Waals surface area (Å²) in [6.45, 7) is 3.99. The first-order valence-electron chi connectivity index (χ1n) is 6.95. The largest absolute Gasteiger partial charge is 0.482 e. The molecular weight excluding hydrogens is 240 g/mol. The third-order valence-electron chi connectivity index (χ3n) is 3.81. The smallest absolute Gasteiger partial charge is 0.260 e. The fourth-order valence-electron chi connectivity index (χ4n) is 2.43. The highest BCUT2D eigenvalue weighted by Gasteiger charge is 2.21. The second-order valence-electron chi connectivity index (χ2n) is 5.06. The van der Waals surface area contributed by atoms with E-state index in [1.54, 1.807) is 12.1 Å². The molecular formula is C15H22N2O2. The number of ether oxygens (including phenoxy) is 1. The molecule has 0 radical (unpaired) electrons. The molecule has 0 atom stereocenters. The van der Waals surface area contributed by atoms with E-state index in [4.69, 9.17) is 10.5 Å². The topological polar surface area (TPSA) is 55.6 Å². The van der Waals surface area contributed by atoms with Crippen molar-refractivity contribution in [3.63, 3.8) is 0 Å². The molecule has 1 saturated heterocycles. The van der Waals surface area contributed by atoms with E-state index in [1.165, 1.54) is 6.42 Å². The number of amides is 1. The molecule has 0 unspecified atom stereocenters. The van der Waals surface area contributed by atoms with Gasteiger partial charge in [-0.25, -0.2) is 0 Å². The van der Waals surface area contributed by atoms with Crippen molar-refractivity contribution in [1.82, 2.24) is 4.90 Å². The Balaban J connectivity index is 1.81. The first kappa shape index (κ1) is 13.7. The van der Waals surface area contributed by atoms with Gasteiger partial charge in [0.1, 0.15) is 5.75 Å². The van der Waals surface area contributed by atoms with Crippen LogP contribution >= 0.6 is 0 Å². The Morgan fingerprint density at radius 2 is 2.05 bits per heavy atom. The summed E-state index contributed by atoms with van der Waals surface area (Å²) in [5.74, 6) is 1.41. The Morgan fingerprint density at radius 3 is 2.68 bits per heavy atom. The summed E-state index contributed by atoms with van der Waals surface area (Å²) in [7, 11) is 0. The number of rotatable bonds is 4. The molecule has 0 bridgehead atoms. The van der Waals surface area contributed by atoms with Crippen molar-refractivity contribution in [2.75, 3.05) is 25.4 Å². The lowest BCUT2D eigenvalue weighted by Gasteiger charge is -2.31. The van der Waals surface area contributed by atoms with Gasteiger partial charge in [0.05, 0.1) is 5.69 Å². The van der Waals surface area contributed by atoms with E-state index in [-0.39, 0.29) is 12.5 Å². The zero-order chi connectivity index (χ0) is 13.7. The van der Waals surface area contributed by atoms with E-state index in [0.29, 0.717) is 11.4 Å². The first-order valence-corrected chi connectivity index (χ1v) is 6.95. The highest BCUT2D eigenvalue weighted by molar-refractivity contribution is 5.78. The average Bonchev–Trinajstić information content (AvgIpc) is 2.46. The number of anilines is 1. The van der Waals surface area contributed by atoms with Gasteiger partial charge in [-0.3, -0.25) is 4.79 Å². The van der Waals surface area contributed by atoms with Crippen molar-refractivity contribution < 1.29 is 9.53 Å². The molecule has 0 aliphatic carbocycles. The van der Waals surface area contributed by atoms with Crippen LogP contribution in [0.4, 0.5) is 5.69 Å². The number of nitrogen functional groups attached to an aromatic ring is 1. The van der Waals surface area contributed by atoms with Crippen LogP contribution in [0.2, 0.25) is 0 Å². The number of nitrogens with two attached hydrogens (primary N) is 1. The number of hydrogen-bond donors (Lipinski definition) is 1. The van der Waals surface area contributed by atoms with Gasteiger partial charge < -0.3 is 15.4 Å². The SMILES string of the molecule is CCC1CCN(C(=O)COc2ccccc2N)CC1. The molecule has 1 aliphatic rings. The quantitative estimate of drug-likeness (QED) is 0.847. The third-order valence-corrected chi connectivity index (χ3v) is 3.81. The van der Waals surface area contributed by atoms with E-state index >= 15 is 0 Å². The van der Waals surface area contributed by atoms with Gasteiger partial charge >= 0.3 is 0 Å². The molecule has 0 aromatic heterocycles. The van der Waals surface area contributed by atoms with E-state index in [9.17, 15) is 4.79 Å². The molecule has 1 amide bonds. The van der Waals surface area contributed by atoms with Gasteiger partial charge in [0, 0.05) is 13.1 Å². The molecule has 1 aromatic carbocycles. The van der Waals surface area contributed by atoms with Crippen LogP contribution in [0.25, 0.3) is 0 Å². The van der Waals surface area contributed by atoms with E-state index < -0.39 is 0 Å². The van der Waals surface area contributed by atoms with Gasteiger partial charge in [-0.15, -0.1) is 0 Å². The lowest BCUT2D eigenvalue weighted by molar-refractivity contribution is -0.134. The fraction of sp³-hybridized carbons (Fsp3) is 0.533. The zero-order valence-corrected chi connectivity index (χ0v) is 11.5. The molecule has 0 spiro atoms. The first-order chi connectivity index (χ1) is 9.20. The van der Waals surface area contributed by atoms with E-state index in [1.807, 2.05) is 17.0 Å². The maximum atomic E-state index is 12.0. The molecule has 104 valence electrons. The molecule has 0 saturated carbocycles. The monoisotopic (exact) mass is 262 g/mol. The summed E-state index contributed by atoms with van der Waals surface area (Å²) in [5, 5.41) is 0. The Hall–Kier alpha value is -1.71. The molecule has 4 nitrogen and oxygen atoms in total. The van der Waals surface area contributed by atoms with Gasteiger partial charge in [-0.05, 0) is 30.9 Å². The lowest BCUT2D eigenvalue weighted by Crippen LogP contribution is -2.40. The molecule has 1 heterocycles. The molecule has 4 heteroatoms. The van der Waals surface area contributed by atoms with Crippen molar-refractivity contribution in [3.05, 3.63) is 24.3 Å². The summed E-state index contributed by atoms with van der Waals surface area (Å²) >= 11 is 0. The zero-order valence-electron chi connectivity index (χ0n) is 11.5. The second kappa shape index (κ2) is 6.45. The summed E-state index contributed by atoms with van der Waals surface area (Å²) in [4.78, 5) is 13.9. The summed E-state index contributed by atoms with van der Waals surface area (Å²) < 4.78 is 5.49. The van der Waals surface area contributed by atoms with Crippen LogP contribution in [-0.2, 0) is 4.79 Å².